The molecule has 0 spiro atoms. The molecule has 1 aliphatic heterocycles. The third-order valence-corrected chi connectivity index (χ3v) is 4.78. The SMILES string of the molecule is C[C@H]1CC(=O)C2=C(C1)Nc1nc(C(F)(F)F)nn1[C@@H]2c1cccc(Cl)c1. The van der Waals surface area contributed by atoms with Gasteiger partial charge in [0.15, 0.2) is 5.78 Å². The Morgan fingerprint density at radius 3 is 2.77 bits per heavy atom. The lowest BCUT2D eigenvalue weighted by molar-refractivity contribution is -0.145. The third kappa shape index (κ3) is 2.78. The summed E-state index contributed by atoms with van der Waals surface area (Å²) in [6.45, 7) is 1.93. The van der Waals surface area contributed by atoms with E-state index in [2.05, 4.69) is 15.4 Å². The van der Waals surface area contributed by atoms with Crippen molar-refractivity contribution < 1.29 is 18.0 Å². The molecule has 1 N–H and O–H groups in total. The van der Waals surface area contributed by atoms with Gasteiger partial charge in [-0.15, -0.1) is 5.10 Å². The number of ketones is 1. The minimum Gasteiger partial charge on any atom is -0.328 e. The molecular formula is C17H14ClF3N4O. The zero-order valence-corrected chi connectivity index (χ0v) is 14.4. The Hall–Kier alpha value is -2.35. The Morgan fingerprint density at radius 1 is 1.31 bits per heavy atom. The standard InChI is InChI=1S/C17H14ClF3N4O/c1-8-5-11-13(12(26)6-8)14(9-3-2-4-10(18)7-9)25-16(22-11)23-15(24-25)17(19,20)21/h2-4,7-8,14H,5-6H2,1H3,(H,22,23,24)/t8-,14-/m1/s1. The van der Waals surface area contributed by atoms with Crippen LogP contribution >= 0.6 is 11.6 Å². The fourth-order valence-corrected chi connectivity index (χ4v) is 3.71. The number of carbonyl (C=O) groups is 1. The number of nitrogens with zero attached hydrogens (tertiary/aromatic N) is 3. The number of carbonyl (C=O) groups excluding carboxylic acids is 1. The number of benzene rings is 1. The molecule has 1 aromatic heterocycles. The highest BCUT2D eigenvalue weighted by Gasteiger charge is 2.42. The van der Waals surface area contributed by atoms with E-state index in [9.17, 15) is 18.0 Å². The first-order valence-electron chi connectivity index (χ1n) is 8.06. The molecule has 2 aromatic rings. The van der Waals surface area contributed by atoms with Gasteiger partial charge in [-0.2, -0.15) is 18.2 Å². The number of allylic oxidation sites excluding steroid dienone is 2. The van der Waals surface area contributed by atoms with E-state index in [-0.39, 0.29) is 17.6 Å². The minimum absolute atomic E-state index is 0.0250. The highest BCUT2D eigenvalue weighted by Crippen LogP contribution is 2.42. The van der Waals surface area contributed by atoms with Crippen molar-refractivity contribution in [3.63, 3.8) is 0 Å². The second kappa shape index (κ2) is 5.84. The summed E-state index contributed by atoms with van der Waals surface area (Å²) in [6, 6.07) is 5.92. The first-order valence-corrected chi connectivity index (χ1v) is 8.44. The second-order valence-corrected chi connectivity index (χ2v) is 7.05. The molecule has 4 rings (SSSR count). The van der Waals surface area contributed by atoms with Crippen molar-refractivity contribution >= 4 is 23.3 Å². The van der Waals surface area contributed by atoms with Gasteiger partial charge in [0, 0.05) is 22.7 Å². The highest BCUT2D eigenvalue weighted by molar-refractivity contribution is 6.30. The maximum atomic E-state index is 13.1. The number of hydrogen-bond acceptors (Lipinski definition) is 4. The van der Waals surface area contributed by atoms with Gasteiger partial charge >= 0.3 is 6.18 Å². The van der Waals surface area contributed by atoms with Crippen molar-refractivity contribution in [1.29, 1.82) is 0 Å². The van der Waals surface area contributed by atoms with Crippen LogP contribution in [0.25, 0.3) is 0 Å². The average molecular weight is 383 g/mol. The first kappa shape index (κ1) is 17.1. The fraction of sp³-hybridized carbons (Fsp3) is 0.353. The Morgan fingerprint density at radius 2 is 2.08 bits per heavy atom. The summed E-state index contributed by atoms with van der Waals surface area (Å²) in [5.74, 6) is -1.27. The van der Waals surface area contributed by atoms with Crippen LogP contribution in [0.1, 0.15) is 37.2 Å². The van der Waals surface area contributed by atoms with Crippen LogP contribution in [0.4, 0.5) is 19.1 Å². The van der Waals surface area contributed by atoms with Crippen LogP contribution in [0.15, 0.2) is 35.5 Å². The fourth-order valence-electron chi connectivity index (χ4n) is 3.51. The second-order valence-electron chi connectivity index (χ2n) is 6.61. The molecule has 1 aliphatic carbocycles. The summed E-state index contributed by atoms with van der Waals surface area (Å²) >= 11 is 6.06. The van der Waals surface area contributed by atoms with Crippen molar-refractivity contribution in [2.45, 2.75) is 32.0 Å². The van der Waals surface area contributed by atoms with Gasteiger partial charge in [0.05, 0.1) is 0 Å². The molecule has 0 fully saturated rings. The zero-order valence-electron chi connectivity index (χ0n) is 13.6. The molecule has 2 aliphatic rings. The Labute approximate surface area is 151 Å². The summed E-state index contributed by atoms with van der Waals surface area (Å²) in [6.07, 6.45) is -3.78. The monoisotopic (exact) mass is 382 g/mol. The van der Waals surface area contributed by atoms with Crippen LogP contribution in [-0.2, 0) is 11.0 Å². The van der Waals surface area contributed by atoms with E-state index >= 15 is 0 Å². The van der Waals surface area contributed by atoms with Gasteiger partial charge < -0.3 is 5.32 Å². The Kier molecular flexibility index (Phi) is 3.83. The van der Waals surface area contributed by atoms with Gasteiger partial charge in [0.2, 0.25) is 5.95 Å². The number of hydrogen-bond donors (Lipinski definition) is 1. The molecule has 0 saturated heterocycles. The number of fused-ring (bicyclic) bond motifs is 1. The lowest BCUT2D eigenvalue weighted by atomic mass is 9.81. The van der Waals surface area contributed by atoms with Gasteiger partial charge in [-0.1, -0.05) is 30.7 Å². The van der Waals surface area contributed by atoms with E-state index in [4.69, 9.17) is 11.6 Å². The number of Topliss-reactive ketones (excluding diaryl/α,β-unsaturated/α-hetero) is 1. The van der Waals surface area contributed by atoms with E-state index in [1.807, 2.05) is 6.92 Å². The van der Waals surface area contributed by atoms with E-state index in [0.29, 0.717) is 34.7 Å². The number of rotatable bonds is 1. The van der Waals surface area contributed by atoms with Gasteiger partial charge in [0.25, 0.3) is 5.82 Å². The van der Waals surface area contributed by atoms with Crippen LogP contribution in [-0.4, -0.2) is 20.5 Å². The van der Waals surface area contributed by atoms with Gasteiger partial charge in [0.1, 0.15) is 6.04 Å². The van der Waals surface area contributed by atoms with Crippen LogP contribution < -0.4 is 5.32 Å². The lowest BCUT2D eigenvalue weighted by Crippen LogP contribution is -2.33. The smallest absolute Gasteiger partial charge is 0.328 e. The number of nitrogens with one attached hydrogen (secondary N) is 1. The van der Waals surface area contributed by atoms with Crippen molar-refractivity contribution in [2.75, 3.05) is 5.32 Å². The number of aromatic nitrogens is 3. The molecular weight excluding hydrogens is 369 g/mol. The molecule has 0 radical (unpaired) electrons. The molecule has 5 nitrogen and oxygen atoms in total. The third-order valence-electron chi connectivity index (χ3n) is 4.54. The minimum atomic E-state index is -4.68. The zero-order chi connectivity index (χ0) is 18.6. The first-order chi connectivity index (χ1) is 12.2. The Bertz CT molecular complexity index is 934. The summed E-state index contributed by atoms with van der Waals surface area (Å²) in [4.78, 5) is 16.3. The molecule has 2 heterocycles. The largest absolute Gasteiger partial charge is 0.453 e. The van der Waals surface area contributed by atoms with Crippen molar-refractivity contribution in [2.24, 2.45) is 5.92 Å². The number of halogens is 4. The van der Waals surface area contributed by atoms with Crippen molar-refractivity contribution in [3.05, 3.63) is 51.9 Å². The van der Waals surface area contributed by atoms with E-state index in [0.717, 1.165) is 4.68 Å². The van der Waals surface area contributed by atoms with Gasteiger partial charge in [-0.05, 0) is 30.0 Å². The molecule has 0 amide bonds. The normalized spacial score (nSPS) is 22.7. The maximum Gasteiger partial charge on any atom is 0.453 e. The Balaban J connectivity index is 1.92. The molecule has 2 atom stereocenters. The van der Waals surface area contributed by atoms with Crippen LogP contribution in [0, 0.1) is 5.92 Å². The predicted molar refractivity (Wildman–Crippen MR) is 88.7 cm³/mol. The molecule has 0 bridgehead atoms. The van der Waals surface area contributed by atoms with Crippen LogP contribution in [0.3, 0.4) is 0 Å². The van der Waals surface area contributed by atoms with E-state index < -0.39 is 18.0 Å². The van der Waals surface area contributed by atoms with Crippen LogP contribution in [0.5, 0.6) is 0 Å². The van der Waals surface area contributed by atoms with Crippen molar-refractivity contribution in [3.8, 4) is 0 Å². The topological polar surface area (TPSA) is 59.8 Å². The number of anilines is 1. The van der Waals surface area contributed by atoms with E-state index in [1.54, 1.807) is 24.3 Å². The van der Waals surface area contributed by atoms with E-state index in [1.165, 1.54) is 0 Å². The predicted octanol–water partition coefficient (Wildman–Crippen LogP) is 4.22. The molecule has 26 heavy (non-hydrogen) atoms. The molecule has 9 heteroatoms. The quantitative estimate of drug-likeness (QED) is 0.802. The maximum absolute atomic E-state index is 13.1. The summed E-state index contributed by atoms with van der Waals surface area (Å²) in [5.41, 5.74) is 1.62. The summed E-state index contributed by atoms with van der Waals surface area (Å²) < 4.78 is 40.5. The molecule has 0 unspecified atom stereocenters. The summed E-state index contributed by atoms with van der Waals surface area (Å²) in [7, 11) is 0. The molecule has 1 aromatic carbocycles. The average Bonchev–Trinajstić information content (AvgIpc) is 2.96. The number of alkyl halides is 3. The molecule has 0 saturated carbocycles. The molecule has 136 valence electrons. The highest BCUT2D eigenvalue weighted by atomic mass is 35.5. The lowest BCUT2D eigenvalue weighted by Gasteiger charge is -2.34. The van der Waals surface area contributed by atoms with Crippen LogP contribution in [0.2, 0.25) is 5.02 Å². The van der Waals surface area contributed by atoms with Gasteiger partial charge in [-0.3, -0.25) is 4.79 Å². The van der Waals surface area contributed by atoms with Crippen molar-refractivity contribution in [1.82, 2.24) is 14.8 Å². The van der Waals surface area contributed by atoms with Gasteiger partial charge in [-0.25, -0.2) is 4.68 Å². The summed E-state index contributed by atoms with van der Waals surface area (Å²) in [5, 5.41) is 6.95.